The highest BCUT2D eigenvalue weighted by Crippen LogP contribution is 2.29. The number of benzene rings is 2. The van der Waals surface area contributed by atoms with E-state index in [-0.39, 0.29) is 5.69 Å². The number of ether oxygens (including phenoxy) is 1. The number of carbonyl (C=O) groups excluding carboxylic acids is 1. The predicted octanol–water partition coefficient (Wildman–Crippen LogP) is 4.27. The van der Waals surface area contributed by atoms with Crippen molar-refractivity contribution >= 4 is 34.1 Å². The first kappa shape index (κ1) is 18.3. The van der Waals surface area contributed by atoms with Crippen molar-refractivity contribution in [3.8, 4) is 5.75 Å². The molecule has 2 aromatic carbocycles. The number of carbonyl (C=O) groups is 1. The van der Waals surface area contributed by atoms with Gasteiger partial charge < -0.3 is 19.8 Å². The van der Waals surface area contributed by atoms with E-state index in [0.717, 1.165) is 0 Å². The molecule has 0 spiro atoms. The standard InChI is InChI=1S/C20H21N3O4/c1-3-21-17-13-9-5-7-11-15(13)27-19(24)18(17)23-20(25)22-14-10-6-8-12-16(14)26-4-2/h5-12,21H,3-4H2,1-2H3,(H2,22,23,25). The molecule has 3 aromatic rings. The van der Waals surface area contributed by atoms with E-state index < -0.39 is 11.7 Å². The highest BCUT2D eigenvalue weighted by molar-refractivity contribution is 6.06. The van der Waals surface area contributed by atoms with Gasteiger partial charge in [-0.1, -0.05) is 24.3 Å². The molecule has 0 fully saturated rings. The number of hydrogen-bond donors (Lipinski definition) is 3. The molecule has 0 radical (unpaired) electrons. The van der Waals surface area contributed by atoms with E-state index >= 15 is 0 Å². The van der Waals surface area contributed by atoms with Crippen LogP contribution < -0.4 is 26.3 Å². The van der Waals surface area contributed by atoms with Crippen LogP contribution in [0.5, 0.6) is 5.75 Å². The average Bonchev–Trinajstić information content (AvgIpc) is 2.66. The number of rotatable bonds is 6. The van der Waals surface area contributed by atoms with Gasteiger partial charge in [-0.05, 0) is 38.1 Å². The molecule has 0 aliphatic carbocycles. The summed E-state index contributed by atoms with van der Waals surface area (Å²) in [5.74, 6) is 0.549. The minimum absolute atomic E-state index is 0.0574. The third kappa shape index (κ3) is 4.03. The zero-order valence-electron chi connectivity index (χ0n) is 15.2. The molecule has 0 unspecified atom stereocenters. The lowest BCUT2D eigenvalue weighted by atomic mass is 10.2. The Balaban J connectivity index is 1.92. The second-order valence-corrected chi connectivity index (χ2v) is 5.67. The summed E-state index contributed by atoms with van der Waals surface area (Å²) in [4.78, 5) is 24.9. The van der Waals surface area contributed by atoms with Crippen molar-refractivity contribution in [2.75, 3.05) is 29.1 Å². The van der Waals surface area contributed by atoms with Crippen LogP contribution in [0.15, 0.2) is 57.7 Å². The van der Waals surface area contributed by atoms with Gasteiger partial charge >= 0.3 is 11.7 Å². The van der Waals surface area contributed by atoms with Gasteiger partial charge in [-0.15, -0.1) is 0 Å². The van der Waals surface area contributed by atoms with Crippen molar-refractivity contribution < 1.29 is 13.9 Å². The first-order valence-corrected chi connectivity index (χ1v) is 8.73. The summed E-state index contributed by atoms with van der Waals surface area (Å²) in [6.07, 6.45) is 0. The minimum Gasteiger partial charge on any atom is -0.492 e. The maximum Gasteiger partial charge on any atom is 0.362 e. The highest BCUT2D eigenvalue weighted by Gasteiger charge is 2.17. The lowest BCUT2D eigenvalue weighted by Crippen LogP contribution is -2.24. The fourth-order valence-corrected chi connectivity index (χ4v) is 2.74. The van der Waals surface area contributed by atoms with Crippen LogP contribution in [0.4, 0.5) is 21.9 Å². The number of para-hydroxylation sites is 3. The summed E-state index contributed by atoms with van der Waals surface area (Å²) in [5, 5.41) is 9.15. The number of nitrogens with one attached hydrogen (secondary N) is 3. The normalized spacial score (nSPS) is 10.4. The van der Waals surface area contributed by atoms with Gasteiger partial charge in [0.15, 0.2) is 5.69 Å². The van der Waals surface area contributed by atoms with Crippen LogP contribution in [0.3, 0.4) is 0 Å². The number of urea groups is 1. The Hall–Kier alpha value is -3.48. The fourth-order valence-electron chi connectivity index (χ4n) is 2.74. The predicted molar refractivity (Wildman–Crippen MR) is 107 cm³/mol. The third-order valence-corrected chi connectivity index (χ3v) is 3.84. The van der Waals surface area contributed by atoms with Crippen molar-refractivity contribution in [1.82, 2.24) is 0 Å². The largest absolute Gasteiger partial charge is 0.492 e. The molecule has 0 atom stereocenters. The molecule has 2 amide bonds. The molecule has 7 nitrogen and oxygen atoms in total. The zero-order valence-corrected chi connectivity index (χ0v) is 15.2. The summed E-state index contributed by atoms with van der Waals surface area (Å²) < 4.78 is 10.8. The maximum atomic E-state index is 12.5. The SMILES string of the molecule is CCNc1c(NC(=O)Nc2ccccc2OCC)c(=O)oc2ccccc12. The molecule has 1 aromatic heterocycles. The minimum atomic E-state index is -0.627. The van der Waals surface area contributed by atoms with Crippen molar-refractivity contribution in [2.24, 2.45) is 0 Å². The molecule has 1 heterocycles. The lowest BCUT2D eigenvalue weighted by Gasteiger charge is -2.15. The molecule has 7 heteroatoms. The molecule has 140 valence electrons. The molecular formula is C20H21N3O4. The Bertz CT molecular complexity index is 1010. The van der Waals surface area contributed by atoms with Crippen LogP contribution in [-0.4, -0.2) is 19.2 Å². The Morgan fingerprint density at radius 3 is 2.52 bits per heavy atom. The van der Waals surface area contributed by atoms with Gasteiger partial charge in [-0.3, -0.25) is 5.32 Å². The average molecular weight is 367 g/mol. The first-order valence-electron chi connectivity index (χ1n) is 8.73. The molecule has 3 rings (SSSR count). The van der Waals surface area contributed by atoms with E-state index in [4.69, 9.17) is 9.15 Å². The van der Waals surface area contributed by atoms with Crippen molar-refractivity contribution in [2.45, 2.75) is 13.8 Å². The third-order valence-electron chi connectivity index (χ3n) is 3.84. The summed E-state index contributed by atoms with van der Waals surface area (Å²) in [6.45, 7) is 4.82. The van der Waals surface area contributed by atoms with Gasteiger partial charge in [0, 0.05) is 11.9 Å². The summed E-state index contributed by atoms with van der Waals surface area (Å²) in [6, 6.07) is 13.7. The quantitative estimate of drug-likeness (QED) is 0.566. The van der Waals surface area contributed by atoms with E-state index in [1.165, 1.54) is 0 Å². The van der Waals surface area contributed by atoms with Crippen LogP contribution >= 0.6 is 0 Å². The summed E-state index contributed by atoms with van der Waals surface area (Å²) >= 11 is 0. The second kappa shape index (κ2) is 8.27. The van der Waals surface area contributed by atoms with Crippen LogP contribution in [0, 0.1) is 0 Å². The molecule has 0 aliphatic rings. The van der Waals surface area contributed by atoms with E-state index in [0.29, 0.717) is 41.2 Å². The Morgan fingerprint density at radius 1 is 1.00 bits per heavy atom. The van der Waals surface area contributed by atoms with E-state index in [2.05, 4.69) is 16.0 Å². The number of amides is 2. The van der Waals surface area contributed by atoms with Crippen molar-refractivity contribution in [1.29, 1.82) is 0 Å². The zero-order chi connectivity index (χ0) is 19.2. The molecule has 27 heavy (non-hydrogen) atoms. The van der Waals surface area contributed by atoms with Gasteiger partial charge in [0.05, 0.1) is 18.0 Å². The van der Waals surface area contributed by atoms with Crippen LogP contribution in [0.1, 0.15) is 13.8 Å². The molecule has 0 bridgehead atoms. The highest BCUT2D eigenvalue weighted by atomic mass is 16.5. The van der Waals surface area contributed by atoms with Gasteiger partial charge in [0.25, 0.3) is 0 Å². The van der Waals surface area contributed by atoms with Crippen LogP contribution in [-0.2, 0) is 0 Å². The molecule has 0 saturated heterocycles. The van der Waals surface area contributed by atoms with E-state index in [1.807, 2.05) is 32.0 Å². The Morgan fingerprint density at radius 2 is 1.74 bits per heavy atom. The van der Waals surface area contributed by atoms with Gasteiger partial charge in [0.1, 0.15) is 11.3 Å². The number of anilines is 3. The molecule has 0 aliphatic heterocycles. The van der Waals surface area contributed by atoms with Crippen molar-refractivity contribution in [3.63, 3.8) is 0 Å². The fraction of sp³-hybridized carbons (Fsp3) is 0.200. The lowest BCUT2D eigenvalue weighted by molar-refractivity contribution is 0.262. The topological polar surface area (TPSA) is 92.6 Å². The van der Waals surface area contributed by atoms with Gasteiger partial charge in [0.2, 0.25) is 0 Å². The van der Waals surface area contributed by atoms with E-state index in [1.54, 1.807) is 30.3 Å². The van der Waals surface area contributed by atoms with Crippen LogP contribution in [0.25, 0.3) is 11.0 Å². The van der Waals surface area contributed by atoms with Gasteiger partial charge in [-0.2, -0.15) is 0 Å². The molecule has 0 saturated carbocycles. The Labute approximate surface area is 156 Å². The second-order valence-electron chi connectivity index (χ2n) is 5.67. The number of fused-ring (bicyclic) bond motifs is 1. The molecular weight excluding hydrogens is 346 g/mol. The van der Waals surface area contributed by atoms with Crippen molar-refractivity contribution in [3.05, 3.63) is 59.0 Å². The monoisotopic (exact) mass is 367 g/mol. The van der Waals surface area contributed by atoms with Crippen LogP contribution in [0.2, 0.25) is 0 Å². The maximum absolute atomic E-state index is 12.5. The first-order chi connectivity index (χ1) is 13.1. The summed E-state index contributed by atoms with van der Waals surface area (Å²) in [7, 11) is 0. The van der Waals surface area contributed by atoms with Gasteiger partial charge in [-0.25, -0.2) is 9.59 Å². The Kier molecular flexibility index (Phi) is 5.61. The van der Waals surface area contributed by atoms with E-state index in [9.17, 15) is 9.59 Å². The molecule has 3 N–H and O–H groups in total. The smallest absolute Gasteiger partial charge is 0.362 e. The summed E-state index contributed by atoms with van der Waals surface area (Å²) in [5.41, 5.74) is 0.913. The number of hydrogen-bond acceptors (Lipinski definition) is 5.